The van der Waals surface area contributed by atoms with Gasteiger partial charge in [-0.15, -0.1) is 0 Å². The second-order valence-corrected chi connectivity index (χ2v) is 6.24. The average Bonchev–Trinajstić information content (AvgIpc) is 2.64. The second kappa shape index (κ2) is 7.86. The molecule has 0 amide bonds. The van der Waals surface area contributed by atoms with E-state index in [1.807, 2.05) is 0 Å². The van der Waals surface area contributed by atoms with Crippen molar-refractivity contribution in [2.24, 2.45) is 0 Å². The summed E-state index contributed by atoms with van der Waals surface area (Å²) in [6.07, 6.45) is -4.17. The first-order valence-corrected chi connectivity index (χ1v) is 8.39. The molecule has 0 unspecified atom stereocenters. The Balaban J connectivity index is 1.99. The summed E-state index contributed by atoms with van der Waals surface area (Å²) < 4.78 is 53.6. The van der Waals surface area contributed by atoms with Gasteiger partial charge in [0.1, 0.15) is 5.83 Å². The highest BCUT2D eigenvalue weighted by Gasteiger charge is 2.30. The third kappa shape index (κ3) is 4.68. The maximum atomic E-state index is 14.4. The van der Waals surface area contributed by atoms with Crippen molar-refractivity contribution in [2.45, 2.75) is 19.1 Å². The molecule has 0 aliphatic heterocycles. The summed E-state index contributed by atoms with van der Waals surface area (Å²) in [5.41, 5.74) is -1.51. The molecular formula is C20H14F4N2O3. The van der Waals surface area contributed by atoms with Crippen LogP contribution in [0.15, 0.2) is 59.2 Å². The number of benzene rings is 2. The first-order chi connectivity index (χ1) is 13.6. The molecule has 1 aromatic heterocycles. The van der Waals surface area contributed by atoms with E-state index in [0.717, 1.165) is 29.0 Å². The SMILES string of the molecule is O=C(O)Cc1nn(CC(F)=Cc2cccc(C(F)(F)F)c2)c(=O)c2ccccc12. The summed E-state index contributed by atoms with van der Waals surface area (Å²) in [7, 11) is 0. The Morgan fingerprint density at radius 1 is 1.10 bits per heavy atom. The molecule has 0 saturated carbocycles. The maximum absolute atomic E-state index is 14.4. The number of hydrogen-bond donors (Lipinski definition) is 1. The van der Waals surface area contributed by atoms with Crippen molar-refractivity contribution in [1.29, 1.82) is 0 Å². The molecule has 1 N–H and O–H groups in total. The number of nitrogens with zero attached hydrogens (tertiary/aromatic N) is 2. The van der Waals surface area contributed by atoms with E-state index in [-0.39, 0.29) is 16.6 Å². The number of rotatable bonds is 5. The third-order valence-corrected chi connectivity index (χ3v) is 4.10. The van der Waals surface area contributed by atoms with Gasteiger partial charge in [-0.25, -0.2) is 9.07 Å². The van der Waals surface area contributed by atoms with E-state index >= 15 is 0 Å². The van der Waals surface area contributed by atoms with Gasteiger partial charge in [0.25, 0.3) is 5.56 Å². The van der Waals surface area contributed by atoms with Gasteiger partial charge in [0.15, 0.2) is 0 Å². The Bertz CT molecular complexity index is 1170. The number of aromatic nitrogens is 2. The van der Waals surface area contributed by atoms with Gasteiger partial charge in [-0.3, -0.25) is 9.59 Å². The largest absolute Gasteiger partial charge is 0.481 e. The van der Waals surface area contributed by atoms with Crippen LogP contribution in [0, 0.1) is 0 Å². The molecule has 9 heteroatoms. The van der Waals surface area contributed by atoms with Crippen LogP contribution in [0.4, 0.5) is 17.6 Å². The number of fused-ring (bicyclic) bond motifs is 1. The van der Waals surface area contributed by atoms with Crippen LogP contribution < -0.4 is 5.56 Å². The van der Waals surface area contributed by atoms with Crippen LogP contribution in [0.3, 0.4) is 0 Å². The van der Waals surface area contributed by atoms with E-state index in [4.69, 9.17) is 5.11 Å². The van der Waals surface area contributed by atoms with E-state index in [1.54, 1.807) is 18.2 Å². The van der Waals surface area contributed by atoms with E-state index < -0.39 is 42.1 Å². The Kier molecular flexibility index (Phi) is 5.49. The average molecular weight is 406 g/mol. The third-order valence-electron chi connectivity index (χ3n) is 4.10. The molecule has 0 fully saturated rings. The lowest BCUT2D eigenvalue weighted by atomic mass is 10.1. The van der Waals surface area contributed by atoms with Crippen LogP contribution in [0.5, 0.6) is 0 Å². The molecule has 0 radical (unpaired) electrons. The number of carboxylic acids is 1. The molecule has 0 saturated heterocycles. The van der Waals surface area contributed by atoms with Gasteiger partial charge in [-0.2, -0.15) is 18.3 Å². The summed E-state index contributed by atoms with van der Waals surface area (Å²) in [6, 6.07) is 10.3. The van der Waals surface area contributed by atoms with Gasteiger partial charge in [0.2, 0.25) is 0 Å². The zero-order valence-corrected chi connectivity index (χ0v) is 14.8. The Morgan fingerprint density at radius 2 is 1.79 bits per heavy atom. The molecule has 0 bridgehead atoms. The van der Waals surface area contributed by atoms with Crippen molar-refractivity contribution in [3.05, 3.63) is 81.5 Å². The van der Waals surface area contributed by atoms with Gasteiger partial charge in [-0.05, 0) is 29.8 Å². The predicted octanol–water partition coefficient (Wildman–Crippen LogP) is 4.05. The van der Waals surface area contributed by atoms with Gasteiger partial charge in [0, 0.05) is 5.39 Å². The zero-order chi connectivity index (χ0) is 21.2. The fourth-order valence-corrected chi connectivity index (χ4v) is 2.86. The molecule has 2 aromatic carbocycles. The maximum Gasteiger partial charge on any atom is 0.416 e. The molecule has 150 valence electrons. The van der Waals surface area contributed by atoms with Gasteiger partial charge in [0.05, 0.1) is 29.6 Å². The number of alkyl halides is 3. The molecule has 29 heavy (non-hydrogen) atoms. The summed E-state index contributed by atoms with van der Waals surface area (Å²) >= 11 is 0. The fraction of sp³-hybridized carbons (Fsp3) is 0.150. The zero-order valence-electron chi connectivity index (χ0n) is 14.8. The van der Waals surface area contributed by atoms with E-state index in [9.17, 15) is 27.2 Å². The first-order valence-electron chi connectivity index (χ1n) is 8.39. The second-order valence-electron chi connectivity index (χ2n) is 6.24. The highest BCUT2D eigenvalue weighted by atomic mass is 19.4. The molecule has 1 heterocycles. The number of allylic oxidation sites excluding steroid dienone is 1. The predicted molar refractivity (Wildman–Crippen MR) is 97.9 cm³/mol. The number of hydrogen-bond acceptors (Lipinski definition) is 3. The van der Waals surface area contributed by atoms with Crippen molar-refractivity contribution in [3.63, 3.8) is 0 Å². The van der Waals surface area contributed by atoms with E-state index in [2.05, 4.69) is 5.10 Å². The molecule has 3 aromatic rings. The number of aliphatic carboxylic acids is 1. The molecular weight excluding hydrogens is 392 g/mol. The monoisotopic (exact) mass is 406 g/mol. The molecule has 0 aliphatic carbocycles. The Morgan fingerprint density at radius 3 is 2.45 bits per heavy atom. The lowest BCUT2D eigenvalue weighted by molar-refractivity contribution is -0.138. The molecule has 5 nitrogen and oxygen atoms in total. The van der Waals surface area contributed by atoms with Crippen molar-refractivity contribution in [3.8, 4) is 0 Å². The fourth-order valence-electron chi connectivity index (χ4n) is 2.86. The minimum atomic E-state index is -4.57. The summed E-state index contributed by atoms with van der Waals surface area (Å²) in [6.45, 7) is -0.646. The minimum Gasteiger partial charge on any atom is -0.481 e. The van der Waals surface area contributed by atoms with Gasteiger partial charge < -0.3 is 5.11 Å². The molecule has 0 aliphatic rings. The summed E-state index contributed by atoms with van der Waals surface area (Å²) in [5.74, 6) is -2.08. The van der Waals surface area contributed by atoms with E-state index in [0.29, 0.717) is 5.39 Å². The number of halogens is 4. The van der Waals surface area contributed by atoms with Crippen molar-refractivity contribution < 1.29 is 27.5 Å². The standard InChI is InChI=1S/C20H14F4N2O3/c21-14(9-12-4-3-5-13(8-12)20(22,23)24)11-26-19(29)16-7-2-1-6-15(16)17(25-26)10-18(27)28/h1-9H,10-11H2,(H,27,28). The first kappa shape index (κ1) is 20.2. The van der Waals surface area contributed by atoms with Crippen LogP contribution in [-0.4, -0.2) is 20.9 Å². The number of carbonyl (C=O) groups is 1. The van der Waals surface area contributed by atoms with Crippen LogP contribution >= 0.6 is 0 Å². The quantitative estimate of drug-likeness (QED) is 0.649. The molecule has 0 spiro atoms. The topological polar surface area (TPSA) is 72.2 Å². The normalized spacial score (nSPS) is 12.3. The lowest BCUT2D eigenvalue weighted by Crippen LogP contribution is -2.25. The number of carboxylic acid groups (broad SMARTS) is 1. The van der Waals surface area contributed by atoms with Crippen LogP contribution in [0.25, 0.3) is 16.8 Å². The van der Waals surface area contributed by atoms with Crippen molar-refractivity contribution in [1.82, 2.24) is 9.78 Å². The van der Waals surface area contributed by atoms with Crippen molar-refractivity contribution >= 4 is 22.8 Å². The summed E-state index contributed by atoms with van der Waals surface area (Å²) in [5, 5.41) is 13.5. The Labute approximate surface area is 161 Å². The van der Waals surface area contributed by atoms with Crippen LogP contribution in [-0.2, 0) is 23.9 Å². The lowest BCUT2D eigenvalue weighted by Gasteiger charge is -2.10. The van der Waals surface area contributed by atoms with Crippen LogP contribution in [0.2, 0.25) is 0 Å². The summed E-state index contributed by atoms with van der Waals surface area (Å²) in [4.78, 5) is 23.6. The van der Waals surface area contributed by atoms with E-state index in [1.165, 1.54) is 12.1 Å². The smallest absolute Gasteiger partial charge is 0.416 e. The Hall–Kier alpha value is -3.49. The minimum absolute atomic E-state index is 0.0306. The molecule has 3 rings (SSSR count). The van der Waals surface area contributed by atoms with Crippen molar-refractivity contribution in [2.75, 3.05) is 0 Å². The highest BCUT2D eigenvalue weighted by molar-refractivity contribution is 5.86. The van der Waals surface area contributed by atoms with Gasteiger partial charge >= 0.3 is 12.1 Å². The highest BCUT2D eigenvalue weighted by Crippen LogP contribution is 2.30. The van der Waals surface area contributed by atoms with Crippen LogP contribution in [0.1, 0.15) is 16.8 Å². The van der Waals surface area contributed by atoms with Gasteiger partial charge in [-0.1, -0.05) is 30.3 Å². The molecule has 0 atom stereocenters.